The fraction of sp³-hybridized carbons (Fsp3) is 0.0556. The number of hydrogen-bond acceptors (Lipinski definition) is 3. The highest BCUT2D eigenvalue weighted by Crippen LogP contribution is 2.14. The average molecular weight is 318 g/mol. The minimum Gasteiger partial charge on any atom is -0.312 e. The summed E-state index contributed by atoms with van der Waals surface area (Å²) in [5.74, 6) is 0. The zero-order chi connectivity index (χ0) is 16.5. The summed E-state index contributed by atoms with van der Waals surface area (Å²) in [6.07, 6.45) is 1.59. The summed E-state index contributed by atoms with van der Waals surface area (Å²) in [6, 6.07) is 19.0. The van der Waals surface area contributed by atoms with Gasteiger partial charge in [-0.1, -0.05) is 48.5 Å². The molecule has 4 aromatic rings. The van der Waals surface area contributed by atoms with E-state index in [0.29, 0.717) is 17.9 Å². The van der Waals surface area contributed by atoms with Crippen molar-refractivity contribution in [3.8, 4) is 5.69 Å². The molecule has 0 aliphatic rings. The molecule has 118 valence electrons. The van der Waals surface area contributed by atoms with Crippen LogP contribution in [0, 0.1) is 0 Å². The van der Waals surface area contributed by atoms with Gasteiger partial charge in [0.2, 0.25) is 0 Å². The predicted molar refractivity (Wildman–Crippen MR) is 91.5 cm³/mol. The molecular weight excluding hydrogens is 304 g/mol. The maximum atomic E-state index is 12.4. The number of imidazole rings is 1. The lowest BCUT2D eigenvalue weighted by Crippen LogP contribution is -2.30. The first-order chi connectivity index (χ1) is 11.7. The predicted octanol–water partition coefficient (Wildman–Crippen LogP) is 1.92. The van der Waals surface area contributed by atoms with Crippen molar-refractivity contribution in [2.75, 3.05) is 0 Å². The highest BCUT2D eigenvalue weighted by molar-refractivity contribution is 5.72. The first-order valence-electron chi connectivity index (χ1n) is 7.53. The summed E-state index contributed by atoms with van der Waals surface area (Å²) in [6.45, 7) is 0.521. The monoisotopic (exact) mass is 318 g/mol. The van der Waals surface area contributed by atoms with Gasteiger partial charge >= 0.3 is 5.69 Å². The van der Waals surface area contributed by atoms with Crippen LogP contribution >= 0.6 is 0 Å². The van der Waals surface area contributed by atoms with E-state index in [9.17, 15) is 9.59 Å². The zero-order valence-corrected chi connectivity index (χ0v) is 12.7. The van der Waals surface area contributed by atoms with Crippen LogP contribution in [0.4, 0.5) is 0 Å². The summed E-state index contributed by atoms with van der Waals surface area (Å²) >= 11 is 0. The second-order valence-electron chi connectivity index (χ2n) is 5.46. The van der Waals surface area contributed by atoms with E-state index in [-0.39, 0.29) is 5.52 Å². The normalized spacial score (nSPS) is 11.0. The van der Waals surface area contributed by atoms with E-state index in [0.717, 1.165) is 5.56 Å². The minimum atomic E-state index is -0.478. The van der Waals surface area contributed by atoms with Gasteiger partial charge in [0, 0.05) is 0 Å². The molecule has 0 unspecified atom stereocenters. The molecule has 0 aliphatic carbocycles. The van der Waals surface area contributed by atoms with Crippen molar-refractivity contribution in [3.63, 3.8) is 0 Å². The Morgan fingerprint density at radius 2 is 1.58 bits per heavy atom. The van der Waals surface area contributed by atoms with E-state index in [4.69, 9.17) is 0 Å². The summed E-state index contributed by atoms with van der Waals surface area (Å²) < 4.78 is 3.29. The van der Waals surface area contributed by atoms with Gasteiger partial charge in [0.25, 0.3) is 5.56 Å². The second kappa shape index (κ2) is 5.66. The van der Waals surface area contributed by atoms with Gasteiger partial charge in [-0.25, -0.2) is 14.3 Å². The lowest BCUT2D eigenvalue weighted by Gasteiger charge is -2.11. The smallest absolute Gasteiger partial charge is 0.312 e. The molecule has 6 nitrogen and oxygen atoms in total. The number of hydrogen-bond donors (Lipinski definition) is 1. The van der Waals surface area contributed by atoms with Crippen LogP contribution in [0.5, 0.6) is 0 Å². The van der Waals surface area contributed by atoms with Gasteiger partial charge in [-0.3, -0.25) is 9.78 Å². The van der Waals surface area contributed by atoms with E-state index >= 15 is 0 Å². The summed E-state index contributed by atoms with van der Waals surface area (Å²) in [5, 5.41) is 0. The zero-order valence-electron chi connectivity index (χ0n) is 12.7. The molecule has 0 aliphatic heterocycles. The number of para-hydroxylation sites is 1. The molecule has 1 N–H and O–H groups in total. The molecule has 0 spiro atoms. The molecule has 0 fully saturated rings. The van der Waals surface area contributed by atoms with E-state index in [1.54, 1.807) is 6.33 Å². The summed E-state index contributed by atoms with van der Waals surface area (Å²) in [4.78, 5) is 31.1. The molecule has 2 heterocycles. The Morgan fingerprint density at radius 1 is 0.917 bits per heavy atom. The molecule has 0 amide bonds. The molecule has 0 radical (unpaired) electrons. The SMILES string of the molecule is O=c1[nH]c(=O)n(-c2ccccc2)c2c1ncn2Cc1ccccc1. The number of aromatic nitrogens is 4. The number of benzene rings is 2. The van der Waals surface area contributed by atoms with Gasteiger partial charge in [-0.05, 0) is 17.7 Å². The largest absolute Gasteiger partial charge is 0.334 e. The van der Waals surface area contributed by atoms with Crippen LogP contribution in [0.25, 0.3) is 16.9 Å². The standard InChI is InChI=1S/C18H14N4O2/c23-16-15-17(21(12-19-15)11-13-7-3-1-4-8-13)22(18(24)20-16)14-9-5-2-6-10-14/h1-10,12H,11H2,(H,20,23,24). The third kappa shape index (κ3) is 2.34. The molecule has 2 aromatic carbocycles. The summed E-state index contributed by atoms with van der Waals surface area (Å²) in [5.41, 5.74) is 1.51. The van der Waals surface area contributed by atoms with Crippen LogP contribution in [0.1, 0.15) is 5.56 Å². The van der Waals surface area contributed by atoms with Crippen LogP contribution in [0.15, 0.2) is 76.6 Å². The lowest BCUT2D eigenvalue weighted by molar-refractivity contribution is 0.787. The Balaban J connectivity index is 2.00. The number of fused-ring (bicyclic) bond motifs is 1. The molecule has 24 heavy (non-hydrogen) atoms. The maximum Gasteiger partial charge on any atom is 0.334 e. The quantitative estimate of drug-likeness (QED) is 0.627. The Hall–Kier alpha value is -3.41. The molecule has 6 heteroatoms. The number of nitrogens with zero attached hydrogens (tertiary/aromatic N) is 3. The highest BCUT2D eigenvalue weighted by atomic mass is 16.2. The maximum absolute atomic E-state index is 12.4. The number of aromatic amines is 1. The van der Waals surface area contributed by atoms with E-state index < -0.39 is 11.2 Å². The van der Waals surface area contributed by atoms with Gasteiger partial charge < -0.3 is 4.57 Å². The van der Waals surface area contributed by atoms with Gasteiger partial charge in [-0.2, -0.15) is 0 Å². The Morgan fingerprint density at radius 3 is 2.29 bits per heavy atom. The van der Waals surface area contributed by atoms with Crippen LogP contribution < -0.4 is 11.2 Å². The molecule has 2 aromatic heterocycles. The molecule has 0 saturated heterocycles. The van der Waals surface area contributed by atoms with Crippen LogP contribution in [0.2, 0.25) is 0 Å². The van der Waals surface area contributed by atoms with Gasteiger partial charge in [-0.15, -0.1) is 0 Å². The van der Waals surface area contributed by atoms with Crippen molar-refractivity contribution >= 4 is 11.2 Å². The van der Waals surface area contributed by atoms with Gasteiger partial charge in [0.1, 0.15) is 0 Å². The summed E-state index contributed by atoms with van der Waals surface area (Å²) in [7, 11) is 0. The Labute approximate surface area is 136 Å². The Bertz CT molecular complexity index is 1110. The third-order valence-corrected chi connectivity index (χ3v) is 3.87. The molecular formula is C18H14N4O2. The Kier molecular flexibility index (Phi) is 3.35. The van der Waals surface area contributed by atoms with Crippen molar-refractivity contribution in [2.24, 2.45) is 0 Å². The molecule has 0 bridgehead atoms. The fourth-order valence-electron chi connectivity index (χ4n) is 2.79. The van der Waals surface area contributed by atoms with E-state index in [2.05, 4.69) is 9.97 Å². The number of rotatable bonds is 3. The average Bonchev–Trinajstić information content (AvgIpc) is 3.01. The minimum absolute atomic E-state index is 0.245. The van der Waals surface area contributed by atoms with Gasteiger partial charge in [0.15, 0.2) is 11.2 Å². The number of nitrogens with one attached hydrogen (secondary N) is 1. The van der Waals surface area contributed by atoms with Crippen molar-refractivity contribution in [1.82, 2.24) is 19.1 Å². The van der Waals surface area contributed by atoms with Crippen molar-refractivity contribution < 1.29 is 0 Å². The second-order valence-corrected chi connectivity index (χ2v) is 5.46. The molecule has 0 atom stereocenters. The van der Waals surface area contributed by atoms with E-state index in [1.165, 1.54) is 4.57 Å². The third-order valence-electron chi connectivity index (χ3n) is 3.87. The molecule has 4 rings (SSSR count). The highest BCUT2D eigenvalue weighted by Gasteiger charge is 2.15. The van der Waals surface area contributed by atoms with Crippen molar-refractivity contribution in [3.05, 3.63) is 93.4 Å². The fourth-order valence-corrected chi connectivity index (χ4v) is 2.79. The molecule has 0 saturated carbocycles. The van der Waals surface area contributed by atoms with Crippen molar-refractivity contribution in [1.29, 1.82) is 0 Å². The topological polar surface area (TPSA) is 72.7 Å². The van der Waals surface area contributed by atoms with Crippen molar-refractivity contribution in [2.45, 2.75) is 6.54 Å². The number of H-pyrrole nitrogens is 1. The lowest BCUT2D eigenvalue weighted by atomic mass is 10.2. The van der Waals surface area contributed by atoms with Gasteiger partial charge in [0.05, 0.1) is 18.6 Å². The first-order valence-corrected chi connectivity index (χ1v) is 7.53. The van der Waals surface area contributed by atoms with Crippen LogP contribution in [-0.2, 0) is 6.54 Å². The van der Waals surface area contributed by atoms with Crippen LogP contribution in [0.3, 0.4) is 0 Å². The first kappa shape index (κ1) is 14.2. The van der Waals surface area contributed by atoms with Crippen LogP contribution in [-0.4, -0.2) is 19.1 Å². The van der Waals surface area contributed by atoms with E-state index in [1.807, 2.05) is 65.2 Å².